The predicted octanol–water partition coefficient (Wildman–Crippen LogP) is 2.30. The number of unbranched alkanes of at least 4 members (excludes halogenated alkanes) is 2. The number of amides is 1. The van der Waals surface area contributed by atoms with Crippen LogP contribution in [0, 0.1) is 0 Å². The fourth-order valence-electron chi connectivity index (χ4n) is 1.56. The molecule has 0 aliphatic carbocycles. The van der Waals surface area contributed by atoms with Gasteiger partial charge >= 0.3 is 0 Å². The van der Waals surface area contributed by atoms with E-state index in [0.29, 0.717) is 12.5 Å². The Morgan fingerprint density at radius 2 is 1.63 bits per heavy atom. The first-order valence-corrected chi connectivity index (χ1v) is 7.81. The smallest absolute Gasteiger partial charge is 0.219 e. The van der Waals surface area contributed by atoms with Crippen LogP contribution in [-0.4, -0.2) is 38.6 Å². The van der Waals surface area contributed by atoms with Gasteiger partial charge in [0.2, 0.25) is 5.91 Å². The average molecular weight is 273 g/mol. The summed E-state index contributed by atoms with van der Waals surface area (Å²) in [6.07, 6.45) is 4.95. The molecule has 0 atom stereocenters. The molecule has 19 heavy (non-hydrogen) atoms. The molecule has 3 N–H and O–H groups in total. The van der Waals surface area contributed by atoms with Crippen LogP contribution in [0.3, 0.4) is 0 Å². The van der Waals surface area contributed by atoms with E-state index in [1.165, 1.54) is 0 Å². The van der Waals surface area contributed by atoms with Crippen LogP contribution in [0.2, 0.25) is 0 Å². The molecule has 1 amide bonds. The molecular weight excluding hydrogens is 238 g/mol. The van der Waals surface area contributed by atoms with Gasteiger partial charge in [-0.05, 0) is 39.4 Å². The lowest BCUT2D eigenvalue weighted by atomic mass is 10.2. The summed E-state index contributed by atoms with van der Waals surface area (Å²) in [7, 11) is 1.96. The molecule has 0 aliphatic rings. The third-order valence-electron chi connectivity index (χ3n) is 2.56. The van der Waals surface area contributed by atoms with Crippen LogP contribution in [0.1, 0.15) is 59.8 Å². The van der Waals surface area contributed by atoms with E-state index in [-0.39, 0.29) is 5.91 Å². The van der Waals surface area contributed by atoms with Gasteiger partial charge in [0.25, 0.3) is 0 Å². The monoisotopic (exact) mass is 273 g/mol. The Morgan fingerprint density at radius 3 is 2.21 bits per heavy atom. The van der Waals surface area contributed by atoms with E-state index >= 15 is 0 Å². The predicted molar refractivity (Wildman–Crippen MR) is 84.5 cm³/mol. The van der Waals surface area contributed by atoms with Crippen LogP contribution in [0.25, 0.3) is 0 Å². The van der Waals surface area contributed by atoms with Gasteiger partial charge < -0.3 is 16.0 Å². The van der Waals surface area contributed by atoms with E-state index < -0.39 is 0 Å². The molecule has 0 rings (SSSR count). The Balaban J connectivity index is 0. The van der Waals surface area contributed by atoms with Gasteiger partial charge in [-0.2, -0.15) is 0 Å². The van der Waals surface area contributed by atoms with Gasteiger partial charge in [0, 0.05) is 19.0 Å². The number of rotatable bonds is 11. The second-order valence-corrected chi connectivity index (χ2v) is 4.73. The Labute approximate surface area is 120 Å². The van der Waals surface area contributed by atoms with Crippen molar-refractivity contribution in [3.63, 3.8) is 0 Å². The zero-order valence-corrected chi connectivity index (χ0v) is 13.6. The number of carbonyl (C=O) groups is 1. The number of hydrogen-bond acceptors (Lipinski definition) is 3. The van der Waals surface area contributed by atoms with Crippen molar-refractivity contribution in [2.24, 2.45) is 0 Å². The molecule has 0 saturated heterocycles. The molecule has 116 valence electrons. The first-order chi connectivity index (χ1) is 9.16. The Bertz CT molecular complexity index is 184. The normalized spacial score (nSPS) is 10.0. The molecule has 0 spiro atoms. The largest absolute Gasteiger partial charge is 0.356 e. The van der Waals surface area contributed by atoms with Crippen molar-refractivity contribution >= 4 is 5.91 Å². The minimum absolute atomic E-state index is 0.194. The maximum atomic E-state index is 11.4. The minimum atomic E-state index is 0.194. The molecule has 0 saturated carbocycles. The summed E-state index contributed by atoms with van der Waals surface area (Å²) in [6.45, 7) is 11.1. The van der Waals surface area contributed by atoms with Crippen molar-refractivity contribution in [3.8, 4) is 0 Å². The summed E-state index contributed by atoms with van der Waals surface area (Å²) in [5.41, 5.74) is 0. The molecule has 0 aromatic heterocycles. The zero-order valence-electron chi connectivity index (χ0n) is 13.6. The zero-order chi connectivity index (χ0) is 14.9. The first-order valence-electron chi connectivity index (χ1n) is 7.81. The van der Waals surface area contributed by atoms with Crippen molar-refractivity contribution < 1.29 is 4.79 Å². The highest BCUT2D eigenvalue weighted by Crippen LogP contribution is 1.98. The fraction of sp³-hybridized carbons (Fsp3) is 0.933. The maximum Gasteiger partial charge on any atom is 0.219 e. The SMILES string of the molecule is CC.CNCCCCCC(=O)NCCCNC(C)C. The standard InChI is InChI=1S/C13H29N3O.C2H6/c1-12(2)15-10-7-11-16-13(17)8-5-4-6-9-14-3;1-2/h12,14-15H,4-11H2,1-3H3,(H,16,17);1-2H3. The molecule has 0 heterocycles. The number of hydrogen-bond donors (Lipinski definition) is 3. The van der Waals surface area contributed by atoms with Crippen LogP contribution in [-0.2, 0) is 4.79 Å². The van der Waals surface area contributed by atoms with Crippen LogP contribution in [0.4, 0.5) is 0 Å². The van der Waals surface area contributed by atoms with Gasteiger partial charge in [-0.25, -0.2) is 0 Å². The highest BCUT2D eigenvalue weighted by Gasteiger charge is 2.00. The summed E-state index contributed by atoms with van der Waals surface area (Å²) in [6, 6.07) is 0.526. The van der Waals surface area contributed by atoms with Crippen LogP contribution in [0.15, 0.2) is 0 Å². The molecule has 0 radical (unpaired) electrons. The van der Waals surface area contributed by atoms with E-state index in [1.54, 1.807) is 0 Å². The Morgan fingerprint density at radius 1 is 0.947 bits per heavy atom. The Kier molecular flexibility index (Phi) is 18.9. The molecule has 0 aliphatic heterocycles. The van der Waals surface area contributed by atoms with Crippen molar-refractivity contribution in [1.82, 2.24) is 16.0 Å². The van der Waals surface area contributed by atoms with Gasteiger partial charge in [0.05, 0.1) is 0 Å². The lowest BCUT2D eigenvalue weighted by Crippen LogP contribution is -2.29. The summed E-state index contributed by atoms with van der Waals surface area (Å²) in [5.74, 6) is 0.194. The average Bonchev–Trinajstić information content (AvgIpc) is 2.40. The van der Waals surface area contributed by atoms with Crippen LogP contribution >= 0.6 is 0 Å². The molecule has 4 nitrogen and oxygen atoms in total. The molecule has 0 aromatic carbocycles. The van der Waals surface area contributed by atoms with Gasteiger partial charge in [-0.1, -0.05) is 34.1 Å². The second-order valence-electron chi connectivity index (χ2n) is 4.73. The van der Waals surface area contributed by atoms with Gasteiger partial charge in [-0.15, -0.1) is 0 Å². The quantitative estimate of drug-likeness (QED) is 0.506. The van der Waals surface area contributed by atoms with Crippen molar-refractivity contribution in [2.45, 2.75) is 65.8 Å². The van der Waals surface area contributed by atoms with Crippen molar-refractivity contribution in [2.75, 3.05) is 26.7 Å². The molecule has 0 bridgehead atoms. The van der Waals surface area contributed by atoms with Gasteiger partial charge in [-0.3, -0.25) is 4.79 Å². The molecule has 0 aromatic rings. The van der Waals surface area contributed by atoms with E-state index in [1.807, 2.05) is 20.9 Å². The number of nitrogens with one attached hydrogen (secondary N) is 3. The van der Waals surface area contributed by atoms with E-state index in [0.717, 1.165) is 45.3 Å². The molecule has 4 heteroatoms. The van der Waals surface area contributed by atoms with Gasteiger partial charge in [0.1, 0.15) is 0 Å². The fourth-order valence-corrected chi connectivity index (χ4v) is 1.56. The van der Waals surface area contributed by atoms with Crippen molar-refractivity contribution in [1.29, 1.82) is 0 Å². The third kappa shape index (κ3) is 19.9. The summed E-state index contributed by atoms with van der Waals surface area (Å²) < 4.78 is 0. The highest BCUT2D eigenvalue weighted by atomic mass is 16.1. The van der Waals surface area contributed by atoms with Gasteiger partial charge in [0.15, 0.2) is 0 Å². The van der Waals surface area contributed by atoms with Crippen LogP contribution in [0.5, 0.6) is 0 Å². The summed E-state index contributed by atoms with van der Waals surface area (Å²) in [4.78, 5) is 11.4. The highest BCUT2D eigenvalue weighted by molar-refractivity contribution is 5.75. The molecule has 0 unspecified atom stereocenters. The number of carbonyl (C=O) groups excluding carboxylic acids is 1. The summed E-state index contributed by atoms with van der Waals surface area (Å²) in [5, 5.41) is 9.39. The molecule has 0 fully saturated rings. The van der Waals surface area contributed by atoms with E-state index in [2.05, 4.69) is 29.8 Å². The van der Waals surface area contributed by atoms with Crippen LogP contribution < -0.4 is 16.0 Å². The summed E-state index contributed by atoms with van der Waals surface area (Å²) >= 11 is 0. The molecular formula is C15H35N3O. The van der Waals surface area contributed by atoms with E-state index in [9.17, 15) is 4.79 Å². The lowest BCUT2D eigenvalue weighted by Gasteiger charge is -2.08. The van der Waals surface area contributed by atoms with Crippen molar-refractivity contribution in [3.05, 3.63) is 0 Å². The topological polar surface area (TPSA) is 53.2 Å². The maximum absolute atomic E-state index is 11.4. The van der Waals surface area contributed by atoms with E-state index in [4.69, 9.17) is 0 Å². The minimum Gasteiger partial charge on any atom is -0.356 e. The first kappa shape index (κ1) is 20.7. The third-order valence-corrected chi connectivity index (χ3v) is 2.56. The second kappa shape index (κ2) is 17.4. The Hall–Kier alpha value is -0.610. The lowest BCUT2D eigenvalue weighted by molar-refractivity contribution is -0.121.